The number of rotatable bonds is 4. The Hall–Kier alpha value is -1.91. The predicted molar refractivity (Wildman–Crippen MR) is 80.5 cm³/mol. The second-order valence-electron chi connectivity index (χ2n) is 5.12. The first kappa shape index (κ1) is 14.5. The summed E-state index contributed by atoms with van der Waals surface area (Å²) in [6.07, 6.45) is 0.658. The lowest BCUT2D eigenvalue weighted by atomic mass is 9.96. The number of nitrogens with one attached hydrogen (secondary N) is 1. The van der Waals surface area contributed by atoms with Crippen molar-refractivity contribution in [1.29, 1.82) is 0 Å². The minimum absolute atomic E-state index is 0.215. The van der Waals surface area contributed by atoms with Gasteiger partial charge in [-0.25, -0.2) is 4.39 Å². The maximum atomic E-state index is 13.4. The van der Waals surface area contributed by atoms with Crippen molar-refractivity contribution in [3.05, 3.63) is 64.5 Å². The van der Waals surface area contributed by atoms with Crippen LogP contribution in [-0.2, 0) is 6.42 Å². The van der Waals surface area contributed by atoms with Gasteiger partial charge in [-0.05, 0) is 60.7 Å². The molecule has 0 heterocycles. The maximum absolute atomic E-state index is 13.4. The molecule has 2 rings (SSSR count). The van der Waals surface area contributed by atoms with Gasteiger partial charge in [0, 0.05) is 5.69 Å². The van der Waals surface area contributed by atoms with Gasteiger partial charge in [0.25, 0.3) is 0 Å². The van der Waals surface area contributed by atoms with E-state index in [2.05, 4.69) is 37.5 Å². The molecule has 106 valence electrons. The SMILES string of the molecule is Cc1ccc(CC(NN)c2cc(F)ccc2N)cc1C. The molecule has 0 aliphatic heterocycles. The zero-order valence-corrected chi connectivity index (χ0v) is 11.8. The highest BCUT2D eigenvalue weighted by Gasteiger charge is 2.14. The Bertz CT molecular complexity index is 611. The molecule has 2 aromatic carbocycles. The van der Waals surface area contributed by atoms with Crippen LogP contribution in [0, 0.1) is 19.7 Å². The molecule has 5 N–H and O–H groups in total. The summed E-state index contributed by atoms with van der Waals surface area (Å²) in [6.45, 7) is 4.14. The largest absolute Gasteiger partial charge is 0.398 e. The average molecular weight is 273 g/mol. The summed E-state index contributed by atoms with van der Waals surface area (Å²) in [4.78, 5) is 0. The van der Waals surface area contributed by atoms with Crippen molar-refractivity contribution in [3.63, 3.8) is 0 Å². The first-order valence-electron chi connectivity index (χ1n) is 6.58. The summed E-state index contributed by atoms with van der Waals surface area (Å²) in [7, 11) is 0. The van der Waals surface area contributed by atoms with Crippen molar-refractivity contribution in [3.8, 4) is 0 Å². The summed E-state index contributed by atoms with van der Waals surface area (Å²) < 4.78 is 13.4. The highest BCUT2D eigenvalue weighted by atomic mass is 19.1. The van der Waals surface area contributed by atoms with Crippen molar-refractivity contribution < 1.29 is 4.39 Å². The third kappa shape index (κ3) is 3.15. The summed E-state index contributed by atoms with van der Waals surface area (Å²) in [5.41, 5.74) is 13.5. The van der Waals surface area contributed by atoms with Crippen LogP contribution in [0.2, 0.25) is 0 Å². The van der Waals surface area contributed by atoms with Crippen LogP contribution in [-0.4, -0.2) is 0 Å². The molecule has 0 fully saturated rings. The van der Waals surface area contributed by atoms with E-state index in [9.17, 15) is 4.39 Å². The fourth-order valence-corrected chi connectivity index (χ4v) is 2.27. The molecule has 0 radical (unpaired) electrons. The van der Waals surface area contributed by atoms with Crippen molar-refractivity contribution in [2.24, 2.45) is 5.84 Å². The Morgan fingerprint density at radius 2 is 1.85 bits per heavy atom. The fourth-order valence-electron chi connectivity index (χ4n) is 2.27. The molecule has 0 amide bonds. The smallest absolute Gasteiger partial charge is 0.123 e. The minimum Gasteiger partial charge on any atom is -0.398 e. The molecule has 1 unspecified atom stereocenters. The average Bonchev–Trinajstić information content (AvgIpc) is 2.43. The van der Waals surface area contributed by atoms with Crippen LogP contribution in [0.15, 0.2) is 36.4 Å². The van der Waals surface area contributed by atoms with Gasteiger partial charge in [0.2, 0.25) is 0 Å². The van der Waals surface area contributed by atoms with Crippen molar-refractivity contribution in [2.45, 2.75) is 26.3 Å². The van der Waals surface area contributed by atoms with Gasteiger partial charge in [-0.2, -0.15) is 0 Å². The lowest BCUT2D eigenvalue weighted by molar-refractivity contribution is 0.546. The molecule has 0 saturated heterocycles. The van der Waals surface area contributed by atoms with Gasteiger partial charge >= 0.3 is 0 Å². The molecule has 0 aromatic heterocycles. The van der Waals surface area contributed by atoms with Crippen LogP contribution in [0.1, 0.15) is 28.3 Å². The number of anilines is 1. The maximum Gasteiger partial charge on any atom is 0.123 e. The van der Waals surface area contributed by atoms with Gasteiger partial charge in [-0.3, -0.25) is 11.3 Å². The van der Waals surface area contributed by atoms with E-state index in [1.54, 1.807) is 6.07 Å². The van der Waals surface area contributed by atoms with Gasteiger partial charge in [-0.15, -0.1) is 0 Å². The topological polar surface area (TPSA) is 64.1 Å². The van der Waals surface area contributed by atoms with E-state index in [0.29, 0.717) is 17.7 Å². The summed E-state index contributed by atoms with van der Waals surface area (Å²) >= 11 is 0. The fraction of sp³-hybridized carbons (Fsp3) is 0.250. The number of benzene rings is 2. The Morgan fingerprint density at radius 1 is 1.10 bits per heavy atom. The van der Waals surface area contributed by atoms with Gasteiger partial charge < -0.3 is 5.73 Å². The molecule has 3 nitrogen and oxygen atoms in total. The number of hydrazine groups is 1. The van der Waals surface area contributed by atoms with E-state index in [4.69, 9.17) is 11.6 Å². The molecule has 4 heteroatoms. The Kier molecular flexibility index (Phi) is 4.37. The highest BCUT2D eigenvalue weighted by molar-refractivity contribution is 5.49. The lowest BCUT2D eigenvalue weighted by Gasteiger charge is -2.19. The monoisotopic (exact) mass is 273 g/mol. The molecule has 0 saturated carbocycles. The molecule has 0 spiro atoms. The second kappa shape index (κ2) is 6.03. The number of aryl methyl sites for hydroxylation is 2. The van der Waals surface area contributed by atoms with E-state index in [0.717, 1.165) is 5.56 Å². The molecular formula is C16H20FN3. The molecule has 2 aromatic rings. The second-order valence-corrected chi connectivity index (χ2v) is 5.12. The highest BCUT2D eigenvalue weighted by Crippen LogP contribution is 2.25. The number of hydrogen-bond donors (Lipinski definition) is 3. The Labute approximate surface area is 118 Å². The van der Waals surface area contributed by atoms with Gasteiger partial charge in [0.1, 0.15) is 5.82 Å². The quantitative estimate of drug-likeness (QED) is 0.456. The van der Waals surface area contributed by atoms with Gasteiger partial charge in [-0.1, -0.05) is 18.2 Å². The van der Waals surface area contributed by atoms with E-state index < -0.39 is 0 Å². The van der Waals surface area contributed by atoms with Crippen molar-refractivity contribution in [1.82, 2.24) is 5.43 Å². The first-order valence-corrected chi connectivity index (χ1v) is 6.58. The molecule has 1 atom stereocenters. The third-order valence-electron chi connectivity index (χ3n) is 3.64. The van der Waals surface area contributed by atoms with E-state index >= 15 is 0 Å². The zero-order chi connectivity index (χ0) is 14.7. The van der Waals surface area contributed by atoms with E-state index in [1.807, 2.05) is 0 Å². The summed E-state index contributed by atoms with van der Waals surface area (Å²) in [5, 5.41) is 0. The van der Waals surface area contributed by atoms with Crippen LogP contribution < -0.4 is 17.0 Å². The zero-order valence-electron chi connectivity index (χ0n) is 11.8. The number of halogens is 1. The normalized spacial score (nSPS) is 12.4. The third-order valence-corrected chi connectivity index (χ3v) is 3.64. The van der Waals surface area contributed by atoms with Crippen LogP contribution in [0.4, 0.5) is 10.1 Å². The van der Waals surface area contributed by atoms with Crippen LogP contribution in [0.5, 0.6) is 0 Å². The molecule has 0 bridgehead atoms. The van der Waals surface area contributed by atoms with Crippen LogP contribution >= 0.6 is 0 Å². The lowest BCUT2D eigenvalue weighted by Crippen LogP contribution is -2.30. The minimum atomic E-state index is -0.311. The van der Waals surface area contributed by atoms with Gasteiger partial charge in [0.05, 0.1) is 6.04 Å². The van der Waals surface area contributed by atoms with Gasteiger partial charge in [0.15, 0.2) is 0 Å². The van der Waals surface area contributed by atoms with Crippen LogP contribution in [0.25, 0.3) is 0 Å². The molecular weight excluding hydrogens is 253 g/mol. The molecule has 0 aliphatic rings. The first-order chi connectivity index (χ1) is 9.51. The molecule has 20 heavy (non-hydrogen) atoms. The number of nitrogen functional groups attached to an aromatic ring is 1. The Balaban J connectivity index is 2.28. The molecule has 0 aliphatic carbocycles. The summed E-state index contributed by atoms with van der Waals surface area (Å²) in [6, 6.07) is 10.4. The van der Waals surface area contributed by atoms with Crippen LogP contribution in [0.3, 0.4) is 0 Å². The number of hydrogen-bond acceptors (Lipinski definition) is 3. The van der Waals surface area contributed by atoms with E-state index in [-0.39, 0.29) is 11.9 Å². The Morgan fingerprint density at radius 3 is 2.50 bits per heavy atom. The van der Waals surface area contributed by atoms with Crippen molar-refractivity contribution >= 4 is 5.69 Å². The standard InChI is InChI=1S/C16H20FN3/c1-10-3-4-12(7-11(10)2)8-16(20-19)14-9-13(17)5-6-15(14)18/h3-7,9,16,20H,8,18-19H2,1-2H3. The van der Waals surface area contributed by atoms with Crippen molar-refractivity contribution in [2.75, 3.05) is 5.73 Å². The number of nitrogens with two attached hydrogens (primary N) is 2. The predicted octanol–water partition coefficient (Wildman–Crippen LogP) is 2.77. The van der Waals surface area contributed by atoms with E-state index in [1.165, 1.54) is 23.3 Å². The summed E-state index contributed by atoms with van der Waals surface area (Å²) in [5.74, 6) is 5.30.